The van der Waals surface area contributed by atoms with Crippen molar-refractivity contribution >= 4 is 11.8 Å². The zero-order valence-electron chi connectivity index (χ0n) is 18.9. The highest BCUT2D eigenvalue weighted by atomic mass is 16.5. The van der Waals surface area contributed by atoms with Crippen LogP contribution in [0.5, 0.6) is 0 Å². The SMILES string of the molecule is Cc1cc(C(=O)N(CCC(=O)NC(C)CCc2ccccc2)CC2CCCO2)c(C)o1. The lowest BCUT2D eigenvalue weighted by molar-refractivity contribution is -0.122. The second kappa shape index (κ2) is 11.1. The molecule has 1 aromatic carbocycles. The van der Waals surface area contributed by atoms with Crippen molar-refractivity contribution in [3.8, 4) is 0 Å². The molecule has 0 aliphatic carbocycles. The Bertz CT molecular complexity index is 856. The fourth-order valence-corrected chi connectivity index (χ4v) is 4.01. The molecule has 0 radical (unpaired) electrons. The molecule has 2 heterocycles. The van der Waals surface area contributed by atoms with Gasteiger partial charge in [-0.05, 0) is 58.1 Å². The molecule has 1 fully saturated rings. The third-order valence-electron chi connectivity index (χ3n) is 5.73. The lowest BCUT2D eigenvalue weighted by atomic mass is 10.1. The Balaban J connectivity index is 1.53. The van der Waals surface area contributed by atoms with E-state index in [1.54, 1.807) is 17.9 Å². The Morgan fingerprint density at radius 1 is 1.23 bits per heavy atom. The molecule has 31 heavy (non-hydrogen) atoms. The zero-order chi connectivity index (χ0) is 22.2. The van der Waals surface area contributed by atoms with Crippen LogP contribution >= 0.6 is 0 Å². The van der Waals surface area contributed by atoms with Gasteiger partial charge in [-0.15, -0.1) is 0 Å². The molecule has 0 saturated carbocycles. The highest BCUT2D eigenvalue weighted by Gasteiger charge is 2.26. The smallest absolute Gasteiger partial charge is 0.257 e. The molecule has 6 nitrogen and oxygen atoms in total. The lowest BCUT2D eigenvalue weighted by Crippen LogP contribution is -2.41. The van der Waals surface area contributed by atoms with Crippen molar-refractivity contribution in [2.75, 3.05) is 19.7 Å². The van der Waals surface area contributed by atoms with Crippen LogP contribution in [0.4, 0.5) is 0 Å². The number of carbonyl (C=O) groups excluding carboxylic acids is 2. The maximum Gasteiger partial charge on any atom is 0.257 e. The Kier molecular flexibility index (Phi) is 8.29. The minimum absolute atomic E-state index is 0.0325. The van der Waals surface area contributed by atoms with Gasteiger partial charge in [-0.2, -0.15) is 0 Å². The van der Waals surface area contributed by atoms with E-state index < -0.39 is 0 Å². The van der Waals surface area contributed by atoms with Crippen LogP contribution in [0.25, 0.3) is 0 Å². The van der Waals surface area contributed by atoms with E-state index >= 15 is 0 Å². The van der Waals surface area contributed by atoms with Gasteiger partial charge in [0, 0.05) is 32.2 Å². The maximum atomic E-state index is 13.1. The van der Waals surface area contributed by atoms with Gasteiger partial charge in [0.25, 0.3) is 5.91 Å². The molecule has 1 aliphatic heterocycles. The first kappa shape index (κ1) is 23.1. The van der Waals surface area contributed by atoms with Crippen LogP contribution in [0.3, 0.4) is 0 Å². The van der Waals surface area contributed by atoms with E-state index in [0.29, 0.717) is 30.2 Å². The summed E-state index contributed by atoms with van der Waals surface area (Å²) in [5.74, 6) is 1.18. The number of benzene rings is 1. The average molecular weight is 427 g/mol. The van der Waals surface area contributed by atoms with Crippen molar-refractivity contribution in [2.45, 2.75) is 65.0 Å². The van der Waals surface area contributed by atoms with Crippen molar-refractivity contribution in [3.63, 3.8) is 0 Å². The predicted octanol–water partition coefficient (Wildman–Crippen LogP) is 4.05. The van der Waals surface area contributed by atoms with Crippen LogP contribution in [0, 0.1) is 13.8 Å². The molecule has 1 aliphatic rings. The van der Waals surface area contributed by atoms with Crippen molar-refractivity contribution in [3.05, 3.63) is 59.0 Å². The number of amides is 2. The number of nitrogens with one attached hydrogen (secondary N) is 1. The highest BCUT2D eigenvalue weighted by molar-refractivity contribution is 5.95. The number of carbonyl (C=O) groups is 2. The second-order valence-corrected chi connectivity index (χ2v) is 8.46. The van der Waals surface area contributed by atoms with Crippen LogP contribution in [0.2, 0.25) is 0 Å². The molecular weight excluding hydrogens is 392 g/mol. The van der Waals surface area contributed by atoms with Gasteiger partial charge in [-0.25, -0.2) is 0 Å². The summed E-state index contributed by atoms with van der Waals surface area (Å²) in [5.41, 5.74) is 1.83. The molecule has 6 heteroatoms. The molecular formula is C25H34N2O4. The molecule has 2 amide bonds. The van der Waals surface area contributed by atoms with E-state index in [0.717, 1.165) is 32.3 Å². The van der Waals surface area contributed by atoms with Crippen molar-refractivity contribution < 1.29 is 18.7 Å². The van der Waals surface area contributed by atoms with E-state index in [-0.39, 0.29) is 30.4 Å². The number of hydrogen-bond donors (Lipinski definition) is 1. The van der Waals surface area contributed by atoms with Crippen molar-refractivity contribution in [1.29, 1.82) is 0 Å². The van der Waals surface area contributed by atoms with Crippen molar-refractivity contribution in [2.24, 2.45) is 0 Å². The number of furan rings is 1. The predicted molar refractivity (Wildman–Crippen MR) is 120 cm³/mol. The van der Waals surface area contributed by atoms with Gasteiger partial charge in [0.05, 0.1) is 11.7 Å². The number of ether oxygens (including phenoxy) is 1. The summed E-state index contributed by atoms with van der Waals surface area (Å²) in [6, 6.07) is 12.1. The number of aryl methyl sites for hydroxylation is 3. The summed E-state index contributed by atoms with van der Waals surface area (Å²) in [6.07, 6.45) is 4.05. The molecule has 3 rings (SSSR count). The van der Waals surface area contributed by atoms with Crippen LogP contribution < -0.4 is 5.32 Å². The lowest BCUT2D eigenvalue weighted by Gasteiger charge is -2.25. The molecule has 2 unspecified atom stereocenters. The molecule has 1 aromatic heterocycles. The van der Waals surface area contributed by atoms with Crippen LogP contribution in [-0.2, 0) is 16.0 Å². The summed E-state index contributed by atoms with van der Waals surface area (Å²) in [6.45, 7) is 7.24. The fourth-order valence-electron chi connectivity index (χ4n) is 4.01. The Morgan fingerprint density at radius 3 is 2.65 bits per heavy atom. The molecule has 0 spiro atoms. The normalized spacial score (nSPS) is 16.8. The first-order chi connectivity index (χ1) is 14.9. The minimum atomic E-state index is -0.102. The second-order valence-electron chi connectivity index (χ2n) is 8.46. The van der Waals surface area contributed by atoms with Gasteiger partial charge in [0.1, 0.15) is 11.5 Å². The van der Waals surface area contributed by atoms with E-state index in [4.69, 9.17) is 9.15 Å². The van der Waals surface area contributed by atoms with Crippen LogP contribution in [0.1, 0.15) is 60.0 Å². The Labute approximate surface area is 184 Å². The van der Waals surface area contributed by atoms with E-state index in [1.807, 2.05) is 32.0 Å². The fraction of sp³-hybridized carbons (Fsp3) is 0.520. The zero-order valence-corrected chi connectivity index (χ0v) is 18.9. The van der Waals surface area contributed by atoms with E-state index in [2.05, 4.69) is 17.4 Å². The van der Waals surface area contributed by atoms with Gasteiger partial charge < -0.3 is 19.4 Å². The molecule has 1 N–H and O–H groups in total. The monoisotopic (exact) mass is 426 g/mol. The summed E-state index contributed by atoms with van der Waals surface area (Å²) in [4.78, 5) is 27.4. The third kappa shape index (κ3) is 6.96. The van der Waals surface area contributed by atoms with Gasteiger partial charge >= 0.3 is 0 Å². The quantitative estimate of drug-likeness (QED) is 0.622. The van der Waals surface area contributed by atoms with Gasteiger partial charge in [0.15, 0.2) is 0 Å². The molecule has 1 saturated heterocycles. The van der Waals surface area contributed by atoms with E-state index in [9.17, 15) is 9.59 Å². The van der Waals surface area contributed by atoms with Gasteiger partial charge in [-0.3, -0.25) is 9.59 Å². The first-order valence-electron chi connectivity index (χ1n) is 11.2. The Morgan fingerprint density at radius 2 is 2.00 bits per heavy atom. The van der Waals surface area contributed by atoms with Gasteiger partial charge in [0.2, 0.25) is 5.91 Å². The number of nitrogens with zero attached hydrogens (tertiary/aromatic N) is 1. The molecule has 0 bridgehead atoms. The summed E-state index contributed by atoms with van der Waals surface area (Å²) in [7, 11) is 0. The molecule has 2 aromatic rings. The number of rotatable bonds is 10. The summed E-state index contributed by atoms with van der Waals surface area (Å²) >= 11 is 0. The van der Waals surface area contributed by atoms with Crippen LogP contribution in [-0.4, -0.2) is 48.6 Å². The largest absolute Gasteiger partial charge is 0.466 e. The number of hydrogen-bond acceptors (Lipinski definition) is 4. The summed E-state index contributed by atoms with van der Waals surface area (Å²) in [5, 5.41) is 3.07. The highest BCUT2D eigenvalue weighted by Crippen LogP contribution is 2.19. The standard InChI is InChI=1S/C25H34N2O4/c1-18(11-12-21-8-5-4-6-9-21)26-24(28)13-14-27(17-22-10-7-15-30-22)25(29)23-16-19(2)31-20(23)3/h4-6,8-9,16,18,22H,7,10-15,17H2,1-3H3,(H,26,28). The first-order valence-corrected chi connectivity index (χ1v) is 11.2. The van der Waals surface area contributed by atoms with Crippen LogP contribution in [0.15, 0.2) is 40.8 Å². The third-order valence-corrected chi connectivity index (χ3v) is 5.73. The van der Waals surface area contributed by atoms with E-state index in [1.165, 1.54) is 5.56 Å². The molecule has 168 valence electrons. The average Bonchev–Trinajstić information content (AvgIpc) is 3.38. The maximum absolute atomic E-state index is 13.1. The molecule has 2 atom stereocenters. The topological polar surface area (TPSA) is 71.8 Å². The van der Waals surface area contributed by atoms with Crippen molar-refractivity contribution in [1.82, 2.24) is 10.2 Å². The Hall–Kier alpha value is -2.60. The summed E-state index contributed by atoms with van der Waals surface area (Å²) < 4.78 is 11.3. The van der Waals surface area contributed by atoms with Gasteiger partial charge in [-0.1, -0.05) is 30.3 Å². The minimum Gasteiger partial charge on any atom is -0.466 e.